The van der Waals surface area contributed by atoms with Crippen LogP contribution in [0.1, 0.15) is 11.1 Å². The van der Waals surface area contributed by atoms with Gasteiger partial charge in [-0.1, -0.05) is 48.5 Å². The molecule has 0 heterocycles. The highest BCUT2D eigenvalue weighted by molar-refractivity contribution is 6.10. The monoisotopic (exact) mass is 586 g/mol. The molecule has 44 heavy (non-hydrogen) atoms. The first-order valence-corrected chi connectivity index (χ1v) is 14.3. The van der Waals surface area contributed by atoms with Crippen molar-refractivity contribution in [1.29, 1.82) is 0 Å². The predicted molar refractivity (Wildman–Crippen MR) is 177 cm³/mol. The number of benzene rings is 6. The third-order valence-electron chi connectivity index (χ3n) is 8.32. The van der Waals surface area contributed by atoms with Gasteiger partial charge < -0.3 is 29.2 Å². The van der Waals surface area contributed by atoms with Gasteiger partial charge in [0.1, 0.15) is 34.5 Å². The molecule has 0 saturated carbocycles. The van der Waals surface area contributed by atoms with Crippen LogP contribution >= 0.6 is 0 Å². The second kappa shape index (κ2) is 11.4. The summed E-state index contributed by atoms with van der Waals surface area (Å²) in [5.41, 5.74) is 6.35. The molecule has 0 aliphatic heterocycles. The van der Waals surface area contributed by atoms with Crippen molar-refractivity contribution in [3.05, 3.63) is 96.1 Å². The Morgan fingerprint density at radius 2 is 0.795 bits per heavy atom. The van der Waals surface area contributed by atoms with E-state index in [9.17, 15) is 10.2 Å². The Morgan fingerprint density at radius 3 is 1.14 bits per heavy atom. The van der Waals surface area contributed by atoms with Gasteiger partial charge in [-0.2, -0.15) is 0 Å². The van der Waals surface area contributed by atoms with Crippen LogP contribution in [0.15, 0.2) is 84.9 Å². The zero-order valence-electron chi connectivity index (χ0n) is 25.6. The van der Waals surface area contributed by atoms with Gasteiger partial charge in [0, 0.05) is 45.2 Å². The quantitative estimate of drug-likeness (QED) is 0.194. The zero-order valence-corrected chi connectivity index (χ0v) is 25.6. The molecular formula is C38H34O6. The molecule has 6 nitrogen and oxygen atoms in total. The van der Waals surface area contributed by atoms with Crippen molar-refractivity contribution < 1.29 is 29.2 Å². The van der Waals surface area contributed by atoms with Gasteiger partial charge in [0.2, 0.25) is 0 Å². The minimum absolute atomic E-state index is 0.0735. The second-order valence-electron chi connectivity index (χ2n) is 10.8. The maximum absolute atomic E-state index is 11.8. The van der Waals surface area contributed by atoms with Crippen LogP contribution in [0.25, 0.3) is 54.9 Å². The fourth-order valence-corrected chi connectivity index (χ4v) is 6.24. The average Bonchev–Trinajstić information content (AvgIpc) is 3.05. The maximum atomic E-state index is 11.8. The molecule has 0 aliphatic rings. The molecule has 0 bridgehead atoms. The molecule has 0 radical (unpaired) electrons. The summed E-state index contributed by atoms with van der Waals surface area (Å²) < 4.78 is 22.7. The SMILES string of the molecule is COc1cc(C)c(-c2cc(-c3cc(-c4c(C)cc(OC)cc4OC)c4ccccc4c3O)c(O)c3ccccc23)c(OC)c1. The number of fused-ring (bicyclic) bond motifs is 2. The summed E-state index contributed by atoms with van der Waals surface area (Å²) in [5.74, 6) is 2.81. The van der Waals surface area contributed by atoms with Crippen molar-refractivity contribution in [2.75, 3.05) is 28.4 Å². The molecule has 0 fully saturated rings. The van der Waals surface area contributed by atoms with Crippen LogP contribution in [0.5, 0.6) is 34.5 Å². The number of aromatic hydroxyl groups is 2. The van der Waals surface area contributed by atoms with Gasteiger partial charge in [0.25, 0.3) is 0 Å². The fraction of sp³-hybridized carbons (Fsp3) is 0.158. The molecule has 6 heteroatoms. The Kier molecular flexibility index (Phi) is 7.43. The first kappa shape index (κ1) is 28.7. The van der Waals surface area contributed by atoms with Crippen LogP contribution < -0.4 is 18.9 Å². The van der Waals surface area contributed by atoms with E-state index in [-0.39, 0.29) is 11.5 Å². The molecule has 6 aromatic carbocycles. The lowest BCUT2D eigenvalue weighted by molar-refractivity contribution is 0.394. The van der Waals surface area contributed by atoms with E-state index in [1.807, 2.05) is 98.8 Å². The van der Waals surface area contributed by atoms with E-state index in [0.717, 1.165) is 44.2 Å². The molecule has 0 saturated heterocycles. The number of methoxy groups -OCH3 is 4. The zero-order chi connectivity index (χ0) is 31.1. The second-order valence-corrected chi connectivity index (χ2v) is 10.8. The number of aryl methyl sites for hydroxylation is 2. The van der Waals surface area contributed by atoms with Crippen LogP contribution in [0.4, 0.5) is 0 Å². The number of hydrogen-bond acceptors (Lipinski definition) is 6. The summed E-state index contributed by atoms with van der Waals surface area (Å²) in [4.78, 5) is 0. The molecule has 0 aliphatic carbocycles. The van der Waals surface area contributed by atoms with E-state index in [0.29, 0.717) is 44.9 Å². The number of rotatable bonds is 7. The van der Waals surface area contributed by atoms with Gasteiger partial charge in [-0.3, -0.25) is 0 Å². The van der Waals surface area contributed by atoms with E-state index in [4.69, 9.17) is 18.9 Å². The van der Waals surface area contributed by atoms with Crippen molar-refractivity contribution in [2.45, 2.75) is 13.8 Å². The smallest absolute Gasteiger partial charge is 0.131 e. The van der Waals surface area contributed by atoms with Crippen molar-refractivity contribution in [1.82, 2.24) is 0 Å². The largest absolute Gasteiger partial charge is 0.507 e. The maximum Gasteiger partial charge on any atom is 0.131 e. The molecule has 0 spiro atoms. The number of phenols is 2. The normalized spacial score (nSPS) is 11.1. The van der Waals surface area contributed by atoms with E-state index in [1.165, 1.54) is 0 Å². The predicted octanol–water partition coefficient (Wildman–Crippen LogP) is 9.06. The average molecular weight is 587 g/mol. The molecule has 222 valence electrons. The highest BCUT2D eigenvalue weighted by Crippen LogP contribution is 2.51. The summed E-state index contributed by atoms with van der Waals surface area (Å²) >= 11 is 0. The Morgan fingerprint density at radius 1 is 0.432 bits per heavy atom. The van der Waals surface area contributed by atoms with Crippen LogP contribution in [-0.4, -0.2) is 38.7 Å². The van der Waals surface area contributed by atoms with E-state index in [1.54, 1.807) is 28.4 Å². The number of phenolic OH excluding ortho intramolecular Hbond substituents is 2. The molecular weight excluding hydrogens is 552 g/mol. The van der Waals surface area contributed by atoms with Gasteiger partial charge >= 0.3 is 0 Å². The van der Waals surface area contributed by atoms with Crippen LogP contribution in [0, 0.1) is 13.8 Å². The van der Waals surface area contributed by atoms with Gasteiger partial charge in [-0.25, -0.2) is 0 Å². The Hall–Kier alpha value is -5.36. The summed E-state index contributed by atoms with van der Waals surface area (Å²) in [6, 6.07) is 26.9. The van der Waals surface area contributed by atoms with Crippen LogP contribution in [0.2, 0.25) is 0 Å². The first-order valence-electron chi connectivity index (χ1n) is 14.3. The van der Waals surface area contributed by atoms with E-state index < -0.39 is 0 Å². The molecule has 2 N–H and O–H groups in total. The standard InChI is InChI=1S/C38H34O6/c1-21-15-23(41-3)17-33(43-5)35(21)29-19-31(37(39)27-13-9-7-11-25(27)29)32-20-30(26-12-8-10-14-28(26)38(32)40)36-22(2)16-24(42-4)18-34(36)44-6/h7-20,39-40H,1-6H3. The van der Waals surface area contributed by atoms with Gasteiger partial charge in [0.05, 0.1) is 28.4 Å². The van der Waals surface area contributed by atoms with E-state index in [2.05, 4.69) is 0 Å². The molecule has 0 atom stereocenters. The summed E-state index contributed by atoms with van der Waals surface area (Å²) in [5, 5.41) is 26.7. The Balaban J connectivity index is 1.73. The van der Waals surface area contributed by atoms with Crippen molar-refractivity contribution in [3.8, 4) is 67.9 Å². The lowest BCUT2D eigenvalue weighted by atomic mass is 9.86. The minimum Gasteiger partial charge on any atom is -0.507 e. The van der Waals surface area contributed by atoms with Crippen molar-refractivity contribution in [3.63, 3.8) is 0 Å². The molecule has 0 amide bonds. The summed E-state index contributed by atoms with van der Waals surface area (Å²) in [7, 11) is 6.52. The highest BCUT2D eigenvalue weighted by atomic mass is 16.5. The van der Waals surface area contributed by atoms with Crippen molar-refractivity contribution >= 4 is 21.5 Å². The molecule has 6 rings (SSSR count). The van der Waals surface area contributed by atoms with Gasteiger partial charge in [0.15, 0.2) is 0 Å². The molecule has 0 unspecified atom stereocenters. The van der Waals surface area contributed by atoms with Gasteiger partial charge in [-0.05, 0) is 71.1 Å². The molecule has 0 aromatic heterocycles. The topological polar surface area (TPSA) is 77.4 Å². The van der Waals surface area contributed by atoms with Crippen LogP contribution in [0.3, 0.4) is 0 Å². The lowest BCUT2D eigenvalue weighted by Gasteiger charge is -2.21. The minimum atomic E-state index is 0.0735. The van der Waals surface area contributed by atoms with Crippen LogP contribution in [-0.2, 0) is 0 Å². The highest BCUT2D eigenvalue weighted by Gasteiger charge is 2.24. The Bertz CT molecular complexity index is 1910. The first-order chi connectivity index (χ1) is 21.3. The molecule has 6 aromatic rings. The number of hydrogen-bond donors (Lipinski definition) is 2. The van der Waals surface area contributed by atoms with Crippen molar-refractivity contribution in [2.24, 2.45) is 0 Å². The summed E-state index contributed by atoms with van der Waals surface area (Å²) in [6.45, 7) is 4.01. The lowest BCUT2D eigenvalue weighted by Crippen LogP contribution is -1.97. The third kappa shape index (κ3) is 4.60. The third-order valence-corrected chi connectivity index (χ3v) is 8.32. The van der Waals surface area contributed by atoms with E-state index >= 15 is 0 Å². The van der Waals surface area contributed by atoms with Gasteiger partial charge in [-0.15, -0.1) is 0 Å². The number of ether oxygens (including phenoxy) is 4. The summed E-state index contributed by atoms with van der Waals surface area (Å²) in [6.07, 6.45) is 0. The fourth-order valence-electron chi connectivity index (χ4n) is 6.24. The Labute approximate surface area is 256 Å².